The molecule has 0 saturated heterocycles. The predicted molar refractivity (Wildman–Crippen MR) is 76.0 cm³/mol. The Bertz CT molecular complexity index is 706. The summed E-state index contributed by atoms with van der Waals surface area (Å²) in [5.41, 5.74) is 0. The van der Waals surface area contributed by atoms with Crippen molar-refractivity contribution in [2.45, 2.75) is 23.8 Å². The van der Waals surface area contributed by atoms with Gasteiger partial charge in [0.25, 0.3) is 11.6 Å². The molecule has 0 unspecified atom stereocenters. The molecule has 2 rings (SSSR count). The highest BCUT2D eigenvalue weighted by Gasteiger charge is 2.55. The van der Waals surface area contributed by atoms with E-state index in [1.54, 1.807) is 0 Å². The first-order valence-corrected chi connectivity index (χ1v) is 7.14. The number of rotatable bonds is 6. The van der Waals surface area contributed by atoms with Gasteiger partial charge in [-0.15, -0.1) is 0 Å². The molecule has 2 aliphatic heterocycles. The van der Waals surface area contributed by atoms with Crippen LogP contribution in [0, 0.1) is 0 Å². The Kier molecular flexibility index (Phi) is 5.29. The van der Waals surface area contributed by atoms with Crippen LogP contribution in [0.3, 0.4) is 0 Å². The fraction of sp³-hybridized carbons (Fsp3) is 0.462. The van der Waals surface area contributed by atoms with Crippen LogP contribution >= 0.6 is 0 Å². The van der Waals surface area contributed by atoms with E-state index in [-0.39, 0.29) is 0 Å². The average molecular weight is 410 g/mol. The van der Waals surface area contributed by atoms with E-state index in [4.69, 9.17) is 0 Å². The van der Waals surface area contributed by atoms with E-state index < -0.39 is 78.1 Å². The Morgan fingerprint density at radius 3 is 1.36 bits per heavy atom. The third-order valence-corrected chi connectivity index (χ3v) is 3.61. The van der Waals surface area contributed by atoms with Gasteiger partial charge < -0.3 is 59.8 Å². The molecule has 8 N–H and O–H groups in total. The molecule has 0 spiro atoms. The Labute approximate surface area is 153 Å². The summed E-state index contributed by atoms with van der Waals surface area (Å²) in [7, 11) is 0. The number of esters is 2. The van der Waals surface area contributed by atoms with Crippen molar-refractivity contribution in [3.05, 3.63) is 23.0 Å². The largest absolute Gasteiger partial charge is 0.513 e. The van der Waals surface area contributed by atoms with Gasteiger partial charge >= 0.3 is 18.1 Å². The first kappa shape index (κ1) is 21.0. The lowest BCUT2D eigenvalue weighted by molar-refractivity contribution is -0.284. The first-order chi connectivity index (χ1) is 12.9. The van der Waals surface area contributed by atoms with Crippen LogP contribution in [-0.4, -0.2) is 95.9 Å². The van der Waals surface area contributed by atoms with Gasteiger partial charge in [0.15, 0.2) is 11.5 Å². The monoisotopic (exact) mass is 410 g/mol. The minimum Gasteiger partial charge on any atom is -0.505 e. The maximum Gasteiger partial charge on any atom is 0.513 e. The molecular weight excluding hydrogens is 396 g/mol. The maximum absolute atomic E-state index is 11.9. The summed E-state index contributed by atoms with van der Waals surface area (Å²) in [6.07, 6.45) is -6.68. The van der Waals surface area contributed by atoms with Crippen LogP contribution in [0.1, 0.15) is 0 Å². The van der Waals surface area contributed by atoms with Gasteiger partial charge in [-0.3, -0.25) is 0 Å². The highest BCUT2D eigenvalue weighted by Crippen LogP contribution is 2.32. The van der Waals surface area contributed by atoms with Crippen LogP contribution in [0.2, 0.25) is 0 Å². The van der Waals surface area contributed by atoms with Crippen molar-refractivity contribution in [3.8, 4) is 0 Å². The van der Waals surface area contributed by atoms with Gasteiger partial charge in [-0.25, -0.2) is 14.4 Å². The maximum atomic E-state index is 11.9. The molecular formula is C13H14O15. The summed E-state index contributed by atoms with van der Waals surface area (Å²) < 4.78 is 17.2. The summed E-state index contributed by atoms with van der Waals surface area (Å²) in [5.74, 6) is -14.8. The van der Waals surface area contributed by atoms with Crippen LogP contribution in [0.4, 0.5) is 4.79 Å². The summed E-state index contributed by atoms with van der Waals surface area (Å²) >= 11 is 0. The lowest BCUT2D eigenvalue weighted by atomic mass is 10.1. The Morgan fingerprint density at radius 1 is 0.821 bits per heavy atom. The second-order valence-electron chi connectivity index (χ2n) is 5.50. The van der Waals surface area contributed by atoms with E-state index in [1.807, 2.05) is 0 Å². The Hall–Kier alpha value is -3.27. The molecule has 0 aliphatic carbocycles. The molecule has 4 atom stereocenters. The van der Waals surface area contributed by atoms with E-state index in [0.29, 0.717) is 0 Å². The second kappa shape index (κ2) is 7.04. The van der Waals surface area contributed by atoms with Gasteiger partial charge in [0.1, 0.15) is 13.2 Å². The number of carbonyl (C=O) groups excluding carboxylic acids is 3. The second-order valence-corrected chi connectivity index (χ2v) is 5.50. The number of aliphatic hydroxyl groups excluding tert-OH is 6. The molecule has 0 radical (unpaired) electrons. The zero-order chi connectivity index (χ0) is 21.4. The van der Waals surface area contributed by atoms with Gasteiger partial charge in [-0.1, -0.05) is 0 Å². The number of cyclic esters (lactones) is 2. The lowest BCUT2D eigenvalue weighted by Crippen LogP contribution is -2.55. The molecule has 15 nitrogen and oxygen atoms in total. The van der Waals surface area contributed by atoms with E-state index in [1.165, 1.54) is 0 Å². The van der Waals surface area contributed by atoms with Crippen LogP contribution in [0.5, 0.6) is 0 Å². The summed E-state index contributed by atoms with van der Waals surface area (Å²) in [6, 6.07) is 0. The molecule has 2 aliphatic rings. The topological polar surface area (TPSA) is 250 Å². The SMILES string of the molecule is O=C(O[C@](O)(CO)[C@H]1OC(=O)C(O)=C1O)O[C@](O)(CO)[C@H]1OC(=O)C(O)=C1O. The van der Waals surface area contributed by atoms with Crippen molar-refractivity contribution in [2.75, 3.05) is 13.2 Å². The fourth-order valence-corrected chi connectivity index (χ4v) is 2.15. The van der Waals surface area contributed by atoms with E-state index in [9.17, 15) is 55.2 Å². The minimum atomic E-state index is -3.23. The van der Waals surface area contributed by atoms with Crippen molar-refractivity contribution in [1.82, 2.24) is 0 Å². The molecule has 0 aromatic rings. The zero-order valence-electron chi connectivity index (χ0n) is 13.5. The molecule has 28 heavy (non-hydrogen) atoms. The van der Waals surface area contributed by atoms with Crippen molar-refractivity contribution < 1.29 is 74.2 Å². The predicted octanol–water partition coefficient (Wildman–Crippen LogP) is -2.99. The smallest absolute Gasteiger partial charge is 0.505 e. The highest BCUT2D eigenvalue weighted by atomic mass is 16.8. The lowest BCUT2D eigenvalue weighted by Gasteiger charge is -2.33. The third-order valence-electron chi connectivity index (χ3n) is 3.61. The Balaban J connectivity index is 2.19. The van der Waals surface area contributed by atoms with Crippen molar-refractivity contribution in [1.29, 1.82) is 0 Å². The molecule has 156 valence electrons. The molecule has 15 heteroatoms. The van der Waals surface area contributed by atoms with E-state index >= 15 is 0 Å². The van der Waals surface area contributed by atoms with Crippen molar-refractivity contribution in [2.24, 2.45) is 0 Å². The zero-order valence-corrected chi connectivity index (χ0v) is 13.5. The standard InChI is InChI=1S/C13H14O15/c14-1-12(23,7-3(16)5(18)9(20)25-7)27-11(22)28-13(24,2-15)8-4(17)6(19)10(21)26-8/h7-8,14-19,23-24H,1-2H2/t7-,8-,12+,13+/m0/s1. The van der Waals surface area contributed by atoms with Crippen LogP contribution in [0.15, 0.2) is 23.0 Å². The molecule has 0 fully saturated rings. The molecule has 2 heterocycles. The van der Waals surface area contributed by atoms with E-state index in [0.717, 1.165) is 0 Å². The molecule has 0 aromatic carbocycles. The Morgan fingerprint density at radius 2 is 1.14 bits per heavy atom. The van der Waals surface area contributed by atoms with Gasteiger partial charge in [0, 0.05) is 0 Å². The van der Waals surface area contributed by atoms with Crippen molar-refractivity contribution >= 4 is 18.1 Å². The fourth-order valence-electron chi connectivity index (χ4n) is 2.15. The summed E-state index contributed by atoms with van der Waals surface area (Å²) in [5, 5.41) is 76.0. The quantitative estimate of drug-likeness (QED) is 0.123. The van der Waals surface area contributed by atoms with Crippen LogP contribution in [0.25, 0.3) is 0 Å². The normalized spacial score (nSPS) is 26.4. The molecule has 0 aromatic heterocycles. The van der Waals surface area contributed by atoms with E-state index in [2.05, 4.69) is 18.9 Å². The average Bonchev–Trinajstić information content (AvgIpc) is 3.06. The third kappa shape index (κ3) is 3.33. The van der Waals surface area contributed by atoms with Crippen LogP contribution < -0.4 is 0 Å². The number of ether oxygens (including phenoxy) is 4. The van der Waals surface area contributed by atoms with Gasteiger partial charge in [-0.2, -0.15) is 0 Å². The molecule has 0 saturated carbocycles. The van der Waals surface area contributed by atoms with Gasteiger partial charge in [0.05, 0.1) is 0 Å². The van der Waals surface area contributed by atoms with Crippen LogP contribution in [-0.2, 0) is 28.5 Å². The van der Waals surface area contributed by atoms with Crippen molar-refractivity contribution in [3.63, 3.8) is 0 Å². The van der Waals surface area contributed by atoms with Gasteiger partial charge in [0.2, 0.25) is 23.7 Å². The highest BCUT2D eigenvalue weighted by molar-refractivity contribution is 5.89. The number of aliphatic hydroxyl groups is 8. The molecule has 0 amide bonds. The molecule has 0 bridgehead atoms. The number of carbonyl (C=O) groups is 3. The number of hydrogen-bond acceptors (Lipinski definition) is 15. The minimum absolute atomic E-state index is 1.30. The summed E-state index contributed by atoms with van der Waals surface area (Å²) in [4.78, 5) is 34.2. The number of hydrogen-bond donors (Lipinski definition) is 8. The summed E-state index contributed by atoms with van der Waals surface area (Å²) in [6.45, 7) is -3.06. The first-order valence-electron chi connectivity index (χ1n) is 7.14. The van der Waals surface area contributed by atoms with Gasteiger partial charge in [-0.05, 0) is 0 Å².